The van der Waals surface area contributed by atoms with Gasteiger partial charge in [0, 0.05) is 23.8 Å². The summed E-state index contributed by atoms with van der Waals surface area (Å²) in [5.41, 5.74) is 2.82. The van der Waals surface area contributed by atoms with Gasteiger partial charge >= 0.3 is 5.97 Å². The monoisotopic (exact) mass is 480 g/mol. The van der Waals surface area contributed by atoms with Gasteiger partial charge in [0.15, 0.2) is 0 Å². The minimum Gasteiger partial charge on any atom is -0.456 e. The Morgan fingerprint density at radius 1 is 1.14 bits per heavy atom. The standard InChI is InChI=1S/C22H25BrN2O3.ClH/c1-22(2,3)28-21(27)14-8-10-15(11-9-14)25(4)20(26)19-17-6-5-7-18(23)16(17)12-13-24-19;/h5-11,19,24H,12-13H2,1-4H3;1H. The van der Waals surface area contributed by atoms with E-state index in [-0.39, 0.29) is 24.3 Å². The Labute approximate surface area is 186 Å². The highest BCUT2D eigenvalue weighted by Crippen LogP contribution is 2.31. The van der Waals surface area contributed by atoms with E-state index in [9.17, 15) is 9.59 Å². The van der Waals surface area contributed by atoms with E-state index in [1.54, 1.807) is 36.2 Å². The number of amides is 1. The molecular formula is C22H26BrClN2O3. The van der Waals surface area contributed by atoms with Gasteiger partial charge in [-0.3, -0.25) is 4.79 Å². The zero-order valence-corrected chi connectivity index (χ0v) is 19.4. The molecule has 1 aliphatic rings. The van der Waals surface area contributed by atoms with Gasteiger partial charge in [-0.1, -0.05) is 28.1 Å². The fourth-order valence-corrected chi connectivity index (χ4v) is 3.84. The molecule has 2 aromatic carbocycles. The van der Waals surface area contributed by atoms with Crippen LogP contribution < -0.4 is 10.2 Å². The summed E-state index contributed by atoms with van der Waals surface area (Å²) in [6.45, 7) is 6.24. The molecule has 3 rings (SSSR count). The van der Waals surface area contributed by atoms with E-state index in [4.69, 9.17) is 4.74 Å². The number of nitrogens with zero attached hydrogens (tertiary/aromatic N) is 1. The number of ether oxygens (including phenoxy) is 1. The predicted molar refractivity (Wildman–Crippen MR) is 121 cm³/mol. The molecular weight excluding hydrogens is 456 g/mol. The smallest absolute Gasteiger partial charge is 0.338 e. The van der Waals surface area contributed by atoms with Crippen LogP contribution in [0.5, 0.6) is 0 Å². The lowest BCUT2D eigenvalue weighted by Crippen LogP contribution is -2.42. The molecule has 0 bridgehead atoms. The third kappa shape index (κ3) is 5.38. The van der Waals surface area contributed by atoms with Crippen LogP contribution in [0.15, 0.2) is 46.9 Å². The summed E-state index contributed by atoms with van der Waals surface area (Å²) in [5.74, 6) is -0.412. The minimum absolute atomic E-state index is 0. The van der Waals surface area contributed by atoms with Gasteiger partial charge in [0.2, 0.25) is 5.91 Å². The Balaban J connectivity index is 0.00000300. The van der Waals surface area contributed by atoms with Crippen molar-refractivity contribution in [2.45, 2.75) is 38.8 Å². The number of hydrogen-bond acceptors (Lipinski definition) is 4. The topological polar surface area (TPSA) is 58.6 Å². The molecule has 1 heterocycles. The van der Waals surface area contributed by atoms with Crippen LogP contribution in [-0.2, 0) is 16.0 Å². The number of fused-ring (bicyclic) bond motifs is 1. The van der Waals surface area contributed by atoms with E-state index < -0.39 is 11.6 Å². The van der Waals surface area contributed by atoms with E-state index in [1.807, 2.05) is 39.0 Å². The molecule has 29 heavy (non-hydrogen) atoms. The van der Waals surface area contributed by atoms with Crippen LogP contribution in [0.1, 0.15) is 48.3 Å². The molecule has 0 radical (unpaired) electrons. The lowest BCUT2D eigenvalue weighted by molar-refractivity contribution is -0.120. The van der Waals surface area contributed by atoms with Gasteiger partial charge in [-0.05, 0) is 68.7 Å². The van der Waals surface area contributed by atoms with E-state index in [0.29, 0.717) is 5.56 Å². The molecule has 1 aliphatic heterocycles. The average molecular weight is 482 g/mol. The first-order chi connectivity index (χ1) is 13.2. The average Bonchev–Trinajstić information content (AvgIpc) is 2.65. The first-order valence-electron chi connectivity index (χ1n) is 9.29. The number of halogens is 2. The molecule has 7 heteroatoms. The number of benzene rings is 2. The van der Waals surface area contributed by atoms with Crippen LogP contribution in [-0.4, -0.2) is 31.1 Å². The van der Waals surface area contributed by atoms with Gasteiger partial charge in [-0.15, -0.1) is 12.4 Å². The number of hydrogen-bond donors (Lipinski definition) is 1. The number of esters is 1. The summed E-state index contributed by atoms with van der Waals surface area (Å²) in [7, 11) is 1.75. The second kappa shape index (κ2) is 9.28. The number of nitrogens with one attached hydrogen (secondary N) is 1. The first-order valence-corrected chi connectivity index (χ1v) is 10.1. The normalized spacial score (nSPS) is 15.7. The number of anilines is 1. The Hall–Kier alpha value is -1.89. The molecule has 0 saturated heterocycles. The number of rotatable bonds is 3. The highest BCUT2D eigenvalue weighted by Gasteiger charge is 2.30. The second-order valence-corrected chi connectivity index (χ2v) is 8.75. The van der Waals surface area contributed by atoms with Gasteiger partial charge in [0.1, 0.15) is 11.6 Å². The first kappa shape index (κ1) is 23.4. The fraction of sp³-hybridized carbons (Fsp3) is 0.364. The van der Waals surface area contributed by atoms with Crippen LogP contribution in [0, 0.1) is 0 Å². The minimum atomic E-state index is -0.545. The molecule has 5 nitrogen and oxygen atoms in total. The highest BCUT2D eigenvalue weighted by atomic mass is 79.9. The zero-order chi connectivity index (χ0) is 20.5. The van der Waals surface area contributed by atoms with Crippen LogP contribution in [0.3, 0.4) is 0 Å². The lowest BCUT2D eigenvalue weighted by Gasteiger charge is -2.30. The van der Waals surface area contributed by atoms with Crippen molar-refractivity contribution in [2.24, 2.45) is 0 Å². The highest BCUT2D eigenvalue weighted by molar-refractivity contribution is 9.10. The molecule has 0 aliphatic carbocycles. The summed E-state index contributed by atoms with van der Waals surface area (Å²) in [6.07, 6.45) is 0.884. The summed E-state index contributed by atoms with van der Waals surface area (Å²) in [4.78, 5) is 26.9. The van der Waals surface area contributed by atoms with Crippen molar-refractivity contribution in [3.05, 3.63) is 63.6 Å². The summed E-state index contributed by atoms with van der Waals surface area (Å²) in [6, 6.07) is 12.5. The third-order valence-corrected chi connectivity index (χ3v) is 5.40. The predicted octanol–water partition coefficient (Wildman–Crippen LogP) is 4.68. The van der Waals surface area contributed by atoms with Crippen molar-refractivity contribution in [3.8, 4) is 0 Å². The summed E-state index contributed by atoms with van der Waals surface area (Å²) >= 11 is 3.59. The lowest BCUT2D eigenvalue weighted by atomic mass is 9.93. The van der Waals surface area contributed by atoms with Crippen LogP contribution in [0.4, 0.5) is 5.69 Å². The summed E-state index contributed by atoms with van der Waals surface area (Å²) in [5, 5.41) is 3.32. The van der Waals surface area contributed by atoms with Crippen molar-refractivity contribution in [2.75, 3.05) is 18.5 Å². The van der Waals surface area contributed by atoms with Crippen molar-refractivity contribution < 1.29 is 14.3 Å². The van der Waals surface area contributed by atoms with Gasteiger partial charge in [-0.2, -0.15) is 0 Å². The third-order valence-electron chi connectivity index (χ3n) is 4.66. The molecule has 0 saturated carbocycles. The second-order valence-electron chi connectivity index (χ2n) is 7.89. The van der Waals surface area contributed by atoms with E-state index in [2.05, 4.69) is 21.2 Å². The van der Waals surface area contributed by atoms with Crippen LogP contribution >= 0.6 is 28.3 Å². The molecule has 0 aromatic heterocycles. The zero-order valence-electron chi connectivity index (χ0n) is 17.0. The van der Waals surface area contributed by atoms with E-state index >= 15 is 0 Å². The molecule has 2 aromatic rings. The van der Waals surface area contributed by atoms with Crippen molar-refractivity contribution in [1.82, 2.24) is 5.32 Å². The largest absolute Gasteiger partial charge is 0.456 e. The van der Waals surface area contributed by atoms with Gasteiger partial charge < -0.3 is 15.0 Å². The molecule has 0 spiro atoms. The Morgan fingerprint density at radius 2 is 1.79 bits per heavy atom. The van der Waals surface area contributed by atoms with Crippen molar-refractivity contribution in [3.63, 3.8) is 0 Å². The molecule has 156 valence electrons. The summed E-state index contributed by atoms with van der Waals surface area (Å²) < 4.78 is 6.42. The molecule has 1 N–H and O–H groups in total. The fourth-order valence-electron chi connectivity index (χ4n) is 3.26. The number of carbonyl (C=O) groups is 2. The van der Waals surface area contributed by atoms with E-state index in [0.717, 1.165) is 28.7 Å². The maximum atomic E-state index is 13.1. The maximum absolute atomic E-state index is 13.1. The quantitative estimate of drug-likeness (QED) is 0.647. The van der Waals surface area contributed by atoms with Gasteiger partial charge in [0.05, 0.1) is 5.56 Å². The van der Waals surface area contributed by atoms with Crippen molar-refractivity contribution in [1.29, 1.82) is 0 Å². The Bertz CT molecular complexity index is 894. The van der Waals surface area contributed by atoms with Gasteiger partial charge in [-0.25, -0.2) is 4.79 Å². The molecule has 1 unspecified atom stereocenters. The molecule has 0 fully saturated rings. The van der Waals surface area contributed by atoms with Crippen LogP contribution in [0.25, 0.3) is 0 Å². The molecule has 1 atom stereocenters. The molecule has 1 amide bonds. The number of likely N-dealkylation sites (N-methyl/N-ethyl adjacent to an activating group) is 1. The van der Waals surface area contributed by atoms with Crippen LogP contribution in [0.2, 0.25) is 0 Å². The maximum Gasteiger partial charge on any atom is 0.338 e. The van der Waals surface area contributed by atoms with Gasteiger partial charge in [0.25, 0.3) is 0 Å². The Morgan fingerprint density at radius 3 is 2.41 bits per heavy atom. The number of carbonyl (C=O) groups excluding carboxylic acids is 2. The van der Waals surface area contributed by atoms with Crippen molar-refractivity contribution >= 4 is 45.9 Å². The Kier molecular flexibility index (Phi) is 7.49. The van der Waals surface area contributed by atoms with E-state index in [1.165, 1.54) is 5.56 Å². The SMILES string of the molecule is CN(C(=O)C1NCCc2c(Br)cccc21)c1ccc(C(=O)OC(C)(C)C)cc1.Cl.